The average Bonchev–Trinajstić information content (AvgIpc) is 2.84. The predicted octanol–water partition coefficient (Wildman–Crippen LogP) is 1.04. The van der Waals surface area contributed by atoms with Gasteiger partial charge in [-0.25, -0.2) is 4.98 Å². The number of hydrogen-bond acceptors (Lipinski definition) is 3. The van der Waals surface area contributed by atoms with Crippen LogP contribution in [0.15, 0.2) is 12.4 Å². The Bertz CT molecular complexity index is 393. The smallest absolute Gasteiger partial charge is 0.220 e. The molecule has 0 aliphatic heterocycles. The minimum Gasteiger partial charge on any atom is -0.369 e. The second-order valence-corrected chi connectivity index (χ2v) is 4.96. The third-order valence-electron chi connectivity index (χ3n) is 3.82. The number of nitrogens with one attached hydrogen (secondary N) is 1. The molecule has 0 aromatic carbocycles. The highest BCUT2D eigenvalue weighted by Crippen LogP contribution is 2.24. The molecular weight excluding hydrogens is 228 g/mol. The molecular formula is C13H22N4O. The van der Waals surface area contributed by atoms with Gasteiger partial charge in [0.2, 0.25) is 5.91 Å². The fraction of sp³-hybridized carbons (Fsp3) is 0.692. The highest BCUT2D eigenvalue weighted by molar-refractivity contribution is 5.76. The summed E-state index contributed by atoms with van der Waals surface area (Å²) < 4.78 is 2.14. The zero-order valence-corrected chi connectivity index (χ0v) is 10.9. The van der Waals surface area contributed by atoms with Crippen molar-refractivity contribution in [3.8, 4) is 0 Å². The van der Waals surface area contributed by atoms with Crippen molar-refractivity contribution in [2.24, 2.45) is 11.7 Å². The average molecular weight is 250 g/mol. The van der Waals surface area contributed by atoms with Gasteiger partial charge in [0.05, 0.1) is 6.54 Å². The van der Waals surface area contributed by atoms with Crippen LogP contribution in [0.5, 0.6) is 0 Å². The van der Waals surface area contributed by atoms with Gasteiger partial charge in [0.15, 0.2) is 0 Å². The SMILES string of the molecule is CCn1ccnc1CNC1CCC(C(N)=O)CC1. The van der Waals surface area contributed by atoms with Gasteiger partial charge in [-0.15, -0.1) is 0 Å². The standard InChI is InChI=1S/C13H22N4O/c1-2-17-8-7-15-12(17)9-16-11-5-3-10(4-6-11)13(14)18/h7-8,10-11,16H,2-6,9H2,1H3,(H2,14,18). The second-order valence-electron chi connectivity index (χ2n) is 4.96. The van der Waals surface area contributed by atoms with E-state index >= 15 is 0 Å². The predicted molar refractivity (Wildman–Crippen MR) is 69.7 cm³/mol. The Labute approximate surface area is 108 Å². The van der Waals surface area contributed by atoms with Gasteiger partial charge in [0.1, 0.15) is 5.82 Å². The van der Waals surface area contributed by atoms with E-state index in [4.69, 9.17) is 5.73 Å². The van der Waals surface area contributed by atoms with E-state index in [1.165, 1.54) is 0 Å². The number of hydrogen-bond donors (Lipinski definition) is 2. The van der Waals surface area contributed by atoms with Gasteiger partial charge in [0.25, 0.3) is 0 Å². The Hall–Kier alpha value is -1.36. The maximum Gasteiger partial charge on any atom is 0.220 e. The number of nitrogens with two attached hydrogens (primary N) is 1. The molecule has 1 heterocycles. The number of carbonyl (C=O) groups excluding carboxylic acids is 1. The fourth-order valence-electron chi connectivity index (χ4n) is 2.61. The zero-order chi connectivity index (χ0) is 13.0. The maximum atomic E-state index is 11.1. The van der Waals surface area contributed by atoms with Crippen molar-refractivity contribution in [3.05, 3.63) is 18.2 Å². The van der Waals surface area contributed by atoms with E-state index < -0.39 is 0 Å². The Kier molecular flexibility index (Phi) is 4.36. The van der Waals surface area contributed by atoms with E-state index in [9.17, 15) is 4.79 Å². The van der Waals surface area contributed by atoms with Gasteiger partial charge >= 0.3 is 0 Å². The van der Waals surface area contributed by atoms with Crippen molar-refractivity contribution in [2.75, 3.05) is 0 Å². The van der Waals surface area contributed by atoms with Gasteiger partial charge in [-0.1, -0.05) is 0 Å². The van der Waals surface area contributed by atoms with Crippen molar-refractivity contribution < 1.29 is 4.79 Å². The summed E-state index contributed by atoms with van der Waals surface area (Å²) in [4.78, 5) is 15.4. The first-order valence-corrected chi connectivity index (χ1v) is 6.73. The van der Waals surface area contributed by atoms with Gasteiger partial charge < -0.3 is 15.6 Å². The Morgan fingerprint density at radius 2 is 2.22 bits per heavy atom. The van der Waals surface area contributed by atoms with E-state index in [1.807, 2.05) is 12.4 Å². The Balaban J connectivity index is 1.77. The largest absolute Gasteiger partial charge is 0.369 e. The monoisotopic (exact) mass is 250 g/mol. The first-order valence-electron chi connectivity index (χ1n) is 6.73. The number of nitrogens with zero attached hydrogens (tertiary/aromatic N) is 2. The van der Waals surface area contributed by atoms with Gasteiger partial charge in [-0.05, 0) is 32.6 Å². The van der Waals surface area contributed by atoms with Crippen LogP contribution in [0.25, 0.3) is 0 Å². The van der Waals surface area contributed by atoms with Crippen LogP contribution in [0.4, 0.5) is 0 Å². The van der Waals surface area contributed by atoms with Crippen LogP contribution in [0.3, 0.4) is 0 Å². The molecule has 3 N–H and O–H groups in total. The molecule has 0 unspecified atom stereocenters. The first-order chi connectivity index (χ1) is 8.70. The molecule has 0 radical (unpaired) electrons. The summed E-state index contributed by atoms with van der Waals surface area (Å²) in [6.07, 6.45) is 7.72. The van der Waals surface area contributed by atoms with E-state index in [0.29, 0.717) is 6.04 Å². The summed E-state index contributed by atoms with van der Waals surface area (Å²) in [7, 11) is 0. The number of amides is 1. The molecule has 1 aromatic rings. The lowest BCUT2D eigenvalue weighted by Crippen LogP contribution is -2.36. The van der Waals surface area contributed by atoms with Crippen molar-refractivity contribution in [1.29, 1.82) is 0 Å². The van der Waals surface area contributed by atoms with Crippen molar-refractivity contribution in [1.82, 2.24) is 14.9 Å². The van der Waals surface area contributed by atoms with Crippen LogP contribution in [0.1, 0.15) is 38.4 Å². The summed E-state index contributed by atoms with van der Waals surface area (Å²) in [6, 6.07) is 0.489. The third kappa shape index (κ3) is 3.10. The van der Waals surface area contributed by atoms with Crippen LogP contribution < -0.4 is 11.1 Å². The topological polar surface area (TPSA) is 72.9 Å². The van der Waals surface area contributed by atoms with Gasteiger partial charge in [-0.2, -0.15) is 0 Å². The lowest BCUT2D eigenvalue weighted by Gasteiger charge is -2.27. The zero-order valence-electron chi connectivity index (χ0n) is 10.9. The lowest BCUT2D eigenvalue weighted by molar-refractivity contribution is -0.122. The van der Waals surface area contributed by atoms with E-state index in [-0.39, 0.29) is 11.8 Å². The quantitative estimate of drug-likeness (QED) is 0.820. The minimum absolute atomic E-state index is 0.0840. The summed E-state index contributed by atoms with van der Waals surface area (Å²) >= 11 is 0. The molecule has 2 rings (SSSR count). The first kappa shape index (κ1) is 13.1. The third-order valence-corrected chi connectivity index (χ3v) is 3.82. The summed E-state index contributed by atoms with van der Waals surface area (Å²) in [5.74, 6) is 1.02. The molecule has 0 bridgehead atoms. The van der Waals surface area contributed by atoms with Crippen molar-refractivity contribution >= 4 is 5.91 Å². The molecule has 1 amide bonds. The molecule has 1 fully saturated rings. The highest BCUT2D eigenvalue weighted by atomic mass is 16.1. The molecule has 18 heavy (non-hydrogen) atoms. The lowest BCUT2D eigenvalue weighted by atomic mass is 9.85. The molecule has 1 saturated carbocycles. The number of aromatic nitrogens is 2. The highest BCUT2D eigenvalue weighted by Gasteiger charge is 2.24. The number of primary amides is 1. The van der Waals surface area contributed by atoms with Crippen molar-refractivity contribution in [3.63, 3.8) is 0 Å². The molecule has 0 atom stereocenters. The normalized spacial score (nSPS) is 24.1. The molecule has 0 saturated heterocycles. The number of imidazole rings is 1. The molecule has 1 aliphatic carbocycles. The number of carbonyl (C=O) groups is 1. The van der Waals surface area contributed by atoms with Crippen LogP contribution in [-0.2, 0) is 17.9 Å². The van der Waals surface area contributed by atoms with E-state index in [2.05, 4.69) is 21.8 Å². The molecule has 1 aromatic heterocycles. The minimum atomic E-state index is -0.144. The number of aryl methyl sites for hydroxylation is 1. The Morgan fingerprint density at radius 3 is 2.83 bits per heavy atom. The Morgan fingerprint density at radius 1 is 1.50 bits per heavy atom. The molecule has 100 valence electrons. The van der Waals surface area contributed by atoms with E-state index in [1.54, 1.807) is 0 Å². The van der Waals surface area contributed by atoms with Crippen LogP contribution in [0.2, 0.25) is 0 Å². The van der Waals surface area contributed by atoms with Crippen LogP contribution >= 0.6 is 0 Å². The molecule has 1 aliphatic rings. The van der Waals surface area contributed by atoms with Crippen LogP contribution in [0, 0.1) is 5.92 Å². The molecule has 0 spiro atoms. The van der Waals surface area contributed by atoms with Crippen LogP contribution in [-0.4, -0.2) is 21.5 Å². The summed E-state index contributed by atoms with van der Waals surface area (Å²) in [6.45, 7) is 3.86. The summed E-state index contributed by atoms with van der Waals surface area (Å²) in [5.41, 5.74) is 5.33. The maximum absolute atomic E-state index is 11.1. The second kappa shape index (κ2) is 6.00. The van der Waals surface area contributed by atoms with Gasteiger partial charge in [0, 0.05) is 30.9 Å². The number of rotatable bonds is 5. The van der Waals surface area contributed by atoms with E-state index in [0.717, 1.165) is 44.6 Å². The molecule has 5 nitrogen and oxygen atoms in total. The fourth-order valence-corrected chi connectivity index (χ4v) is 2.61. The molecule has 5 heteroatoms. The summed E-state index contributed by atoms with van der Waals surface area (Å²) in [5, 5.41) is 3.52. The van der Waals surface area contributed by atoms with Gasteiger partial charge in [-0.3, -0.25) is 4.79 Å². The van der Waals surface area contributed by atoms with Crippen molar-refractivity contribution in [2.45, 2.75) is 51.7 Å².